The number of hydrogen-bond donors (Lipinski definition) is 1. The lowest BCUT2D eigenvalue weighted by molar-refractivity contribution is -0.126. The highest BCUT2D eigenvalue weighted by atomic mass is 16.2. The molecule has 0 bridgehead atoms. The molecule has 1 heterocycles. The van der Waals surface area contributed by atoms with Crippen molar-refractivity contribution in [3.05, 3.63) is 119 Å². The number of rotatable bonds is 7. The molecule has 1 aromatic heterocycles. The zero-order valence-electron chi connectivity index (χ0n) is 21.0. The number of nitrogens with one attached hydrogen (secondary N) is 1. The molecule has 0 radical (unpaired) electrons. The van der Waals surface area contributed by atoms with Crippen LogP contribution in [0.4, 0.5) is 5.69 Å². The predicted molar refractivity (Wildman–Crippen MR) is 144 cm³/mol. The van der Waals surface area contributed by atoms with Crippen molar-refractivity contribution in [3.8, 4) is 5.69 Å². The zero-order valence-corrected chi connectivity index (χ0v) is 21.0. The van der Waals surface area contributed by atoms with E-state index in [-0.39, 0.29) is 17.9 Å². The number of carbonyl (C=O) groups is 2. The largest absolute Gasteiger partial charge is 0.335 e. The summed E-state index contributed by atoms with van der Waals surface area (Å²) >= 11 is 0. The first-order valence-corrected chi connectivity index (χ1v) is 11.9. The van der Waals surface area contributed by atoms with Gasteiger partial charge in [-0.25, -0.2) is 4.68 Å². The second-order valence-electron chi connectivity index (χ2n) is 8.74. The molecule has 0 saturated carbocycles. The maximum Gasteiger partial charge on any atom is 0.255 e. The fourth-order valence-electron chi connectivity index (χ4n) is 4.07. The van der Waals surface area contributed by atoms with Gasteiger partial charge in [-0.3, -0.25) is 9.59 Å². The zero-order chi connectivity index (χ0) is 25.7. The number of nitrogens with zero attached hydrogens (tertiary/aromatic N) is 3. The van der Waals surface area contributed by atoms with E-state index in [0.29, 0.717) is 11.3 Å². The van der Waals surface area contributed by atoms with Crippen LogP contribution in [0.3, 0.4) is 0 Å². The summed E-state index contributed by atoms with van der Waals surface area (Å²) in [5, 5.41) is 7.58. The molecule has 2 amide bonds. The van der Waals surface area contributed by atoms with E-state index in [9.17, 15) is 9.59 Å². The molecular weight excluding hydrogens is 448 g/mol. The van der Waals surface area contributed by atoms with Crippen LogP contribution in [-0.2, 0) is 4.79 Å². The first-order chi connectivity index (χ1) is 17.3. The van der Waals surface area contributed by atoms with Crippen LogP contribution < -0.4 is 5.32 Å². The molecule has 0 saturated heterocycles. The van der Waals surface area contributed by atoms with Gasteiger partial charge < -0.3 is 10.2 Å². The molecule has 36 heavy (non-hydrogen) atoms. The van der Waals surface area contributed by atoms with E-state index in [0.717, 1.165) is 28.2 Å². The summed E-state index contributed by atoms with van der Waals surface area (Å²) in [6.07, 6.45) is 3.42. The highest BCUT2D eigenvalue weighted by Gasteiger charge is 2.17. The summed E-state index contributed by atoms with van der Waals surface area (Å²) in [5.41, 5.74) is 5.94. The van der Waals surface area contributed by atoms with E-state index in [1.807, 2.05) is 104 Å². The lowest BCUT2D eigenvalue weighted by Crippen LogP contribution is -2.28. The molecule has 6 nitrogen and oxygen atoms in total. The van der Waals surface area contributed by atoms with E-state index in [2.05, 4.69) is 10.4 Å². The predicted octanol–water partition coefficient (Wildman–Crippen LogP) is 5.97. The summed E-state index contributed by atoms with van der Waals surface area (Å²) < 4.78 is 1.89. The average molecular weight is 479 g/mol. The molecule has 0 aliphatic rings. The second-order valence-corrected chi connectivity index (χ2v) is 8.74. The molecule has 182 valence electrons. The van der Waals surface area contributed by atoms with E-state index in [1.54, 1.807) is 30.2 Å². The summed E-state index contributed by atoms with van der Waals surface area (Å²) in [6, 6.07) is 26.4. The maximum atomic E-state index is 13.0. The van der Waals surface area contributed by atoms with Gasteiger partial charge >= 0.3 is 0 Å². The van der Waals surface area contributed by atoms with Crippen LogP contribution in [-0.4, -0.2) is 33.5 Å². The number of likely N-dealkylation sites (N-methyl/N-ethyl adjacent to an activating group) is 1. The SMILES string of the molecule is Cc1nn(-c2ccccc2)c(C)c1/C=C/C(=O)N(C)C(C)c1cccc(NC(=O)c2ccccc2)c1. The summed E-state index contributed by atoms with van der Waals surface area (Å²) in [4.78, 5) is 27.2. The molecule has 1 atom stereocenters. The number of aryl methyl sites for hydroxylation is 1. The van der Waals surface area contributed by atoms with Gasteiger partial charge in [0.25, 0.3) is 5.91 Å². The van der Waals surface area contributed by atoms with E-state index in [1.165, 1.54) is 0 Å². The Morgan fingerprint density at radius 1 is 0.944 bits per heavy atom. The minimum Gasteiger partial charge on any atom is -0.335 e. The van der Waals surface area contributed by atoms with Crippen molar-refractivity contribution in [3.63, 3.8) is 0 Å². The molecule has 4 aromatic rings. The third-order valence-electron chi connectivity index (χ3n) is 6.33. The Kier molecular flexibility index (Phi) is 7.44. The Morgan fingerprint density at radius 3 is 2.31 bits per heavy atom. The topological polar surface area (TPSA) is 67.2 Å². The Labute approximate surface area is 211 Å². The third kappa shape index (κ3) is 5.44. The number of anilines is 1. The lowest BCUT2D eigenvalue weighted by Gasteiger charge is -2.24. The second kappa shape index (κ2) is 10.9. The van der Waals surface area contributed by atoms with Crippen LogP contribution in [0.5, 0.6) is 0 Å². The first kappa shape index (κ1) is 24.7. The van der Waals surface area contributed by atoms with E-state index >= 15 is 0 Å². The van der Waals surface area contributed by atoms with Gasteiger partial charge in [-0.1, -0.05) is 48.5 Å². The highest BCUT2D eigenvalue weighted by molar-refractivity contribution is 6.04. The number of carbonyl (C=O) groups excluding carboxylic acids is 2. The van der Waals surface area contributed by atoms with Gasteiger partial charge in [-0.05, 0) is 68.8 Å². The molecule has 6 heteroatoms. The average Bonchev–Trinajstić information content (AvgIpc) is 3.20. The number of hydrogen-bond acceptors (Lipinski definition) is 3. The Balaban J connectivity index is 1.46. The third-order valence-corrected chi connectivity index (χ3v) is 6.33. The molecule has 0 spiro atoms. The Hall–Kier alpha value is -4.45. The van der Waals surface area contributed by atoms with Crippen LogP contribution in [0.2, 0.25) is 0 Å². The van der Waals surface area contributed by atoms with Gasteiger partial charge in [-0.2, -0.15) is 5.10 Å². The van der Waals surface area contributed by atoms with Gasteiger partial charge in [0.2, 0.25) is 5.91 Å². The minimum atomic E-state index is -0.190. The lowest BCUT2D eigenvalue weighted by atomic mass is 10.1. The number of benzene rings is 3. The molecule has 3 aromatic carbocycles. The summed E-state index contributed by atoms with van der Waals surface area (Å²) in [7, 11) is 1.78. The smallest absolute Gasteiger partial charge is 0.255 e. The van der Waals surface area contributed by atoms with Crippen LogP contribution in [0.25, 0.3) is 11.8 Å². The Morgan fingerprint density at radius 2 is 1.61 bits per heavy atom. The number of amides is 2. The maximum absolute atomic E-state index is 13.0. The molecule has 0 aliphatic carbocycles. The Bertz CT molecular complexity index is 1390. The number of aromatic nitrogens is 2. The van der Waals surface area contributed by atoms with Crippen molar-refractivity contribution in [2.75, 3.05) is 12.4 Å². The van der Waals surface area contributed by atoms with Crippen molar-refractivity contribution in [1.29, 1.82) is 0 Å². The monoisotopic (exact) mass is 478 g/mol. The van der Waals surface area contributed by atoms with Crippen molar-refractivity contribution in [1.82, 2.24) is 14.7 Å². The minimum absolute atomic E-state index is 0.118. The van der Waals surface area contributed by atoms with Gasteiger partial charge in [0, 0.05) is 35.6 Å². The van der Waals surface area contributed by atoms with Crippen molar-refractivity contribution < 1.29 is 9.59 Å². The molecule has 4 rings (SSSR count). The summed E-state index contributed by atoms with van der Waals surface area (Å²) in [5.74, 6) is -0.290. The fourth-order valence-corrected chi connectivity index (χ4v) is 4.07. The van der Waals surface area contributed by atoms with Gasteiger partial charge in [-0.15, -0.1) is 0 Å². The fraction of sp³-hybridized carbons (Fsp3) is 0.167. The first-order valence-electron chi connectivity index (χ1n) is 11.9. The highest BCUT2D eigenvalue weighted by Crippen LogP contribution is 2.24. The quantitative estimate of drug-likeness (QED) is 0.333. The molecule has 1 unspecified atom stereocenters. The van der Waals surface area contributed by atoms with Crippen LogP contribution in [0.15, 0.2) is 91.0 Å². The van der Waals surface area contributed by atoms with Crippen molar-refractivity contribution in [2.45, 2.75) is 26.8 Å². The van der Waals surface area contributed by atoms with Gasteiger partial charge in [0.1, 0.15) is 0 Å². The van der Waals surface area contributed by atoms with Crippen LogP contribution in [0.1, 0.15) is 45.8 Å². The molecular formula is C30H30N4O2. The van der Waals surface area contributed by atoms with Crippen LogP contribution >= 0.6 is 0 Å². The van der Waals surface area contributed by atoms with Crippen molar-refractivity contribution in [2.24, 2.45) is 0 Å². The van der Waals surface area contributed by atoms with Crippen molar-refractivity contribution >= 4 is 23.6 Å². The van der Waals surface area contributed by atoms with Gasteiger partial charge in [0.15, 0.2) is 0 Å². The molecule has 0 aliphatic heterocycles. The summed E-state index contributed by atoms with van der Waals surface area (Å²) in [6.45, 7) is 5.91. The molecule has 1 N–H and O–H groups in total. The normalized spacial score (nSPS) is 11.9. The van der Waals surface area contributed by atoms with Crippen LogP contribution in [0, 0.1) is 13.8 Å². The van der Waals surface area contributed by atoms with Gasteiger partial charge in [0.05, 0.1) is 17.4 Å². The standard InChI is InChI=1S/C30H30N4O2/c1-21-28(23(3)34(32-21)27-16-9-6-10-17-27)18-19-29(35)33(4)22(2)25-14-11-15-26(20-25)31-30(36)24-12-7-5-8-13-24/h5-20,22H,1-4H3,(H,31,36)/b19-18+. The number of para-hydroxylation sites is 1. The van der Waals surface area contributed by atoms with E-state index < -0.39 is 0 Å². The van der Waals surface area contributed by atoms with E-state index in [4.69, 9.17) is 0 Å². The molecule has 0 fully saturated rings.